The Morgan fingerprint density at radius 2 is 1.62 bits per heavy atom. The lowest BCUT2D eigenvalue weighted by Gasteiger charge is -2.29. The zero-order valence-electron chi connectivity index (χ0n) is 15.6. The largest absolute Gasteiger partial charge is 0.348 e. The second-order valence-corrected chi connectivity index (χ2v) is 8.26. The highest BCUT2D eigenvalue weighted by Crippen LogP contribution is 2.21. The molecule has 26 heavy (non-hydrogen) atoms. The number of rotatable bonds is 7. The number of nitrogens with zero attached hydrogens (tertiary/aromatic N) is 1. The fourth-order valence-electron chi connectivity index (χ4n) is 2.84. The first-order chi connectivity index (χ1) is 12.2. The van der Waals surface area contributed by atoms with Gasteiger partial charge in [0.2, 0.25) is 15.9 Å². The maximum atomic E-state index is 12.7. The number of carbonyl (C=O) groups excluding carboxylic acids is 1. The molecule has 1 N–H and O–H groups in total. The minimum atomic E-state index is -3.60. The van der Waals surface area contributed by atoms with Crippen molar-refractivity contribution in [3.8, 4) is 0 Å². The average molecular weight is 375 g/mol. The summed E-state index contributed by atoms with van der Waals surface area (Å²) in [4.78, 5) is 12.7. The molecular formula is C20H26N2O3S. The first kappa shape index (κ1) is 20.0. The number of carbonyl (C=O) groups is 1. The number of para-hydroxylation sites is 1. The SMILES string of the molecule is CCc1ccc(C(C)NC(=O)C(C)N(c2ccccc2)S(C)(=O)=O)cc1. The van der Waals surface area contributed by atoms with Gasteiger partial charge in [-0.15, -0.1) is 0 Å². The van der Waals surface area contributed by atoms with Crippen molar-refractivity contribution in [2.45, 2.75) is 39.3 Å². The maximum Gasteiger partial charge on any atom is 0.244 e. The Bertz CT molecular complexity index is 833. The molecule has 2 atom stereocenters. The van der Waals surface area contributed by atoms with Crippen LogP contribution >= 0.6 is 0 Å². The van der Waals surface area contributed by atoms with Crippen molar-refractivity contribution in [1.29, 1.82) is 0 Å². The molecule has 0 saturated heterocycles. The Labute approximate surface area is 156 Å². The Morgan fingerprint density at radius 1 is 1.04 bits per heavy atom. The minimum Gasteiger partial charge on any atom is -0.348 e. The molecule has 5 nitrogen and oxygen atoms in total. The Balaban J connectivity index is 2.18. The zero-order chi connectivity index (χ0) is 19.3. The number of nitrogens with one attached hydrogen (secondary N) is 1. The van der Waals surface area contributed by atoms with E-state index in [2.05, 4.69) is 12.2 Å². The van der Waals surface area contributed by atoms with Crippen LogP contribution in [0, 0.1) is 0 Å². The lowest BCUT2D eigenvalue weighted by Crippen LogP contribution is -2.48. The molecule has 0 fully saturated rings. The molecule has 0 heterocycles. The first-order valence-corrected chi connectivity index (χ1v) is 10.5. The molecule has 2 unspecified atom stereocenters. The van der Waals surface area contributed by atoms with E-state index >= 15 is 0 Å². The summed E-state index contributed by atoms with van der Waals surface area (Å²) in [6.07, 6.45) is 2.06. The molecule has 0 aliphatic carbocycles. The number of amides is 1. The van der Waals surface area contributed by atoms with Gasteiger partial charge in [-0.2, -0.15) is 0 Å². The lowest BCUT2D eigenvalue weighted by molar-refractivity contribution is -0.122. The van der Waals surface area contributed by atoms with Crippen LogP contribution in [0.2, 0.25) is 0 Å². The number of benzene rings is 2. The van der Waals surface area contributed by atoms with Gasteiger partial charge in [0, 0.05) is 0 Å². The molecule has 0 saturated carbocycles. The second-order valence-electron chi connectivity index (χ2n) is 6.40. The van der Waals surface area contributed by atoms with Crippen LogP contribution in [0.3, 0.4) is 0 Å². The molecule has 0 aliphatic rings. The fraction of sp³-hybridized carbons (Fsp3) is 0.350. The summed E-state index contributed by atoms with van der Waals surface area (Å²) in [6, 6.07) is 15.6. The topological polar surface area (TPSA) is 66.5 Å². The van der Waals surface area contributed by atoms with Crippen LogP contribution in [0.1, 0.15) is 37.9 Å². The first-order valence-electron chi connectivity index (χ1n) is 8.67. The van der Waals surface area contributed by atoms with Gasteiger partial charge in [-0.25, -0.2) is 8.42 Å². The van der Waals surface area contributed by atoms with E-state index in [1.54, 1.807) is 37.3 Å². The monoisotopic (exact) mass is 374 g/mol. The van der Waals surface area contributed by atoms with Gasteiger partial charge in [-0.05, 0) is 43.5 Å². The van der Waals surface area contributed by atoms with E-state index in [0.29, 0.717) is 5.69 Å². The third kappa shape index (κ3) is 4.85. The predicted octanol–water partition coefficient (Wildman–Crippen LogP) is 3.28. The Hall–Kier alpha value is -2.34. The molecule has 6 heteroatoms. The van der Waals surface area contributed by atoms with Crippen LogP contribution in [0.5, 0.6) is 0 Å². The molecule has 2 rings (SSSR count). The molecule has 0 aromatic heterocycles. The van der Waals surface area contributed by atoms with E-state index in [1.165, 1.54) is 5.56 Å². The van der Waals surface area contributed by atoms with E-state index in [9.17, 15) is 13.2 Å². The summed E-state index contributed by atoms with van der Waals surface area (Å²) in [5.74, 6) is -0.341. The summed E-state index contributed by atoms with van der Waals surface area (Å²) in [7, 11) is -3.60. The lowest BCUT2D eigenvalue weighted by atomic mass is 10.0. The summed E-state index contributed by atoms with van der Waals surface area (Å²) < 4.78 is 25.6. The normalized spacial score (nSPS) is 13.7. The number of anilines is 1. The van der Waals surface area contributed by atoms with E-state index in [1.807, 2.05) is 31.2 Å². The van der Waals surface area contributed by atoms with Gasteiger partial charge >= 0.3 is 0 Å². The van der Waals surface area contributed by atoms with Gasteiger partial charge in [-0.3, -0.25) is 9.10 Å². The molecule has 140 valence electrons. The summed E-state index contributed by atoms with van der Waals surface area (Å²) in [5.41, 5.74) is 2.68. The van der Waals surface area contributed by atoms with Gasteiger partial charge in [0.25, 0.3) is 0 Å². The predicted molar refractivity (Wildman–Crippen MR) is 106 cm³/mol. The zero-order valence-corrected chi connectivity index (χ0v) is 16.5. The average Bonchev–Trinajstić information content (AvgIpc) is 2.61. The van der Waals surface area contributed by atoms with E-state index < -0.39 is 16.1 Å². The van der Waals surface area contributed by atoms with Gasteiger partial charge in [0.05, 0.1) is 18.0 Å². The summed E-state index contributed by atoms with van der Waals surface area (Å²) in [5, 5.41) is 2.91. The van der Waals surface area contributed by atoms with E-state index in [4.69, 9.17) is 0 Å². The van der Waals surface area contributed by atoms with Gasteiger partial charge in [0.15, 0.2) is 0 Å². The van der Waals surface area contributed by atoms with Gasteiger partial charge < -0.3 is 5.32 Å². The van der Waals surface area contributed by atoms with Crippen LogP contribution in [-0.4, -0.2) is 26.6 Å². The summed E-state index contributed by atoms with van der Waals surface area (Å²) >= 11 is 0. The van der Waals surface area contributed by atoms with E-state index in [0.717, 1.165) is 22.5 Å². The van der Waals surface area contributed by atoms with Crippen molar-refractivity contribution < 1.29 is 13.2 Å². The van der Waals surface area contributed by atoms with Crippen molar-refractivity contribution in [3.63, 3.8) is 0 Å². The quantitative estimate of drug-likeness (QED) is 0.809. The molecule has 2 aromatic carbocycles. The van der Waals surface area contributed by atoms with Crippen molar-refractivity contribution in [2.24, 2.45) is 0 Å². The fourth-order valence-corrected chi connectivity index (χ4v) is 4.02. The Morgan fingerprint density at radius 3 is 2.12 bits per heavy atom. The molecule has 1 amide bonds. The number of hydrogen-bond donors (Lipinski definition) is 1. The molecule has 0 aliphatic heterocycles. The third-order valence-electron chi connectivity index (χ3n) is 4.35. The Kier molecular flexibility index (Phi) is 6.42. The van der Waals surface area contributed by atoms with Crippen molar-refractivity contribution >= 4 is 21.6 Å². The number of sulfonamides is 1. The molecule has 2 aromatic rings. The van der Waals surface area contributed by atoms with E-state index in [-0.39, 0.29) is 11.9 Å². The summed E-state index contributed by atoms with van der Waals surface area (Å²) in [6.45, 7) is 5.57. The second kappa shape index (κ2) is 8.36. The highest BCUT2D eigenvalue weighted by atomic mass is 32.2. The van der Waals surface area contributed by atoms with Crippen molar-refractivity contribution in [2.75, 3.05) is 10.6 Å². The molecular weight excluding hydrogens is 348 g/mol. The standard InChI is InChI=1S/C20H26N2O3S/c1-5-17-11-13-18(14-12-17)15(2)21-20(23)16(3)22(26(4,24)25)19-9-7-6-8-10-19/h6-16H,5H2,1-4H3,(H,21,23). The molecule has 0 radical (unpaired) electrons. The highest BCUT2D eigenvalue weighted by Gasteiger charge is 2.29. The minimum absolute atomic E-state index is 0.215. The van der Waals surface area contributed by atoms with Crippen LogP contribution < -0.4 is 9.62 Å². The molecule has 0 bridgehead atoms. The highest BCUT2D eigenvalue weighted by molar-refractivity contribution is 7.92. The van der Waals surface area contributed by atoms with Crippen LogP contribution in [-0.2, 0) is 21.2 Å². The number of hydrogen-bond acceptors (Lipinski definition) is 3. The smallest absolute Gasteiger partial charge is 0.244 e. The van der Waals surface area contributed by atoms with Crippen LogP contribution in [0.4, 0.5) is 5.69 Å². The van der Waals surface area contributed by atoms with Crippen LogP contribution in [0.25, 0.3) is 0 Å². The van der Waals surface area contributed by atoms with Crippen molar-refractivity contribution in [1.82, 2.24) is 5.32 Å². The third-order valence-corrected chi connectivity index (χ3v) is 5.59. The van der Waals surface area contributed by atoms with Gasteiger partial charge in [0.1, 0.15) is 6.04 Å². The molecule has 0 spiro atoms. The maximum absolute atomic E-state index is 12.7. The van der Waals surface area contributed by atoms with Crippen LogP contribution in [0.15, 0.2) is 54.6 Å². The number of aryl methyl sites for hydroxylation is 1. The van der Waals surface area contributed by atoms with Crippen molar-refractivity contribution in [3.05, 3.63) is 65.7 Å². The van der Waals surface area contributed by atoms with Gasteiger partial charge in [-0.1, -0.05) is 49.4 Å².